The van der Waals surface area contributed by atoms with Gasteiger partial charge >= 0.3 is 5.97 Å². The molecule has 8 nitrogen and oxygen atoms in total. The topological polar surface area (TPSA) is 88.4 Å². The molecule has 188 valence electrons. The van der Waals surface area contributed by atoms with Gasteiger partial charge in [0.2, 0.25) is 0 Å². The lowest BCUT2D eigenvalue weighted by Crippen LogP contribution is -2.40. The van der Waals surface area contributed by atoms with Crippen LogP contribution in [0, 0.1) is 0 Å². The van der Waals surface area contributed by atoms with Crippen molar-refractivity contribution in [3.8, 4) is 17.2 Å². The molecule has 0 amide bonds. The van der Waals surface area contributed by atoms with E-state index in [2.05, 4.69) is 20.9 Å². The second kappa shape index (κ2) is 10.7. The van der Waals surface area contributed by atoms with Gasteiger partial charge in [-0.3, -0.25) is 9.36 Å². The van der Waals surface area contributed by atoms with Crippen LogP contribution in [0.1, 0.15) is 31.0 Å². The van der Waals surface area contributed by atoms with Gasteiger partial charge in [-0.1, -0.05) is 17.4 Å². The van der Waals surface area contributed by atoms with Gasteiger partial charge in [-0.25, -0.2) is 9.79 Å². The van der Waals surface area contributed by atoms with Gasteiger partial charge in [0.25, 0.3) is 5.56 Å². The molecule has 3 aromatic rings. The third-order valence-corrected chi connectivity index (χ3v) is 7.33. The van der Waals surface area contributed by atoms with Crippen molar-refractivity contribution in [1.29, 1.82) is 0 Å². The Balaban J connectivity index is 1.98. The third kappa shape index (κ3) is 4.70. The third-order valence-electron chi connectivity index (χ3n) is 5.73. The first kappa shape index (κ1) is 25.7. The zero-order chi connectivity index (χ0) is 26.0. The predicted molar refractivity (Wildman–Crippen MR) is 141 cm³/mol. The van der Waals surface area contributed by atoms with Crippen LogP contribution < -0.4 is 29.1 Å². The highest BCUT2D eigenvalue weighted by atomic mass is 79.9. The second-order valence-corrected chi connectivity index (χ2v) is 9.67. The molecule has 36 heavy (non-hydrogen) atoms. The van der Waals surface area contributed by atoms with Crippen LogP contribution >= 0.6 is 27.3 Å². The molecule has 10 heteroatoms. The van der Waals surface area contributed by atoms with Gasteiger partial charge in [0.05, 0.1) is 54.3 Å². The average molecular weight is 573 g/mol. The van der Waals surface area contributed by atoms with E-state index in [9.17, 15) is 9.59 Å². The molecule has 1 aliphatic heterocycles. The van der Waals surface area contributed by atoms with E-state index in [4.69, 9.17) is 18.9 Å². The number of methoxy groups -OCH3 is 3. The summed E-state index contributed by atoms with van der Waals surface area (Å²) in [6, 6.07) is 10.1. The van der Waals surface area contributed by atoms with E-state index in [1.807, 2.05) is 12.1 Å². The van der Waals surface area contributed by atoms with Crippen molar-refractivity contribution in [2.45, 2.75) is 19.9 Å². The SMILES string of the molecule is CCOC(=O)C1=C(C)N=c2s/c(=C/c3cc(OC)ccc3OC)c(=O)n2[C@@H]1c1ccc(OC)c(Br)c1. The van der Waals surface area contributed by atoms with Crippen LogP contribution in [0.25, 0.3) is 6.08 Å². The number of benzene rings is 2. The largest absolute Gasteiger partial charge is 0.497 e. The van der Waals surface area contributed by atoms with Crippen LogP contribution in [0.3, 0.4) is 0 Å². The standard InChI is InChI=1S/C26H25BrN2O6S/c1-6-35-25(31)22-14(2)28-26-29(23(22)15-7-9-20(34-5)18(27)12-15)24(30)21(36-26)13-16-11-17(32-3)8-10-19(16)33-4/h7-13,23H,6H2,1-5H3/b21-13+/t23-/m1/s1. The molecule has 0 saturated heterocycles. The minimum absolute atomic E-state index is 0.203. The minimum Gasteiger partial charge on any atom is -0.497 e. The predicted octanol–water partition coefficient (Wildman–Crippen LogP) is 3.59. The van der Waals surface area contributed by atoms with Crippen LogP contribution in [0.4, 0.5) is 0 Å². The number of esters is 1. The molecule has 0 fully saturated rings. The van der Waals surface area contributed by atoms with Crippen LogP contribution in [0.15, 0.2) is 61.9 Å². The number of allylic oxidation sites excluding steroid dienone is 1. The Labute approximate surface area is 220 Å². The Morgan fingerprint density at radius 1 is 1.11 bits per heavy atom. The average Bonchev–Trinajstić information content (AvgIpc) is 3.17. The Morgan fingerprint density at radius 2 is 1.83 bits per heavy atom. The number of hydrogen-bond donors (Lipinski definition) is 0. The summed E-state index contributed by atoms with van der Waals surface area (Å²) in [5, 5.41) is 0. The highest BCUT2D eigenvalue weighted by Gasteiger charge is 2.33. The number of ether oxygens (including phenoxy) is 4. The molecule has 4 rings (SSSR count). The van der Waals surface area contributed by atoms with Crippen molar-refractivity contribution in [1.82, 2.24) is 4.57 Å². The summed E-state index contributed by atoms with van der Waals surface area (Å²) in [6.07, 6.45) is 1.75. The Kier molecular flexibility index (Phi) is 7.65. The lowest BCUT2D eigenvalue weighted by Gasteiger charge is -2.25. The summed E-state index contributed by atoms with van der Waals surface area (Å²) in [4.78, 5) is 31.9. The quantitative estimate of drug-likeness (QED) is 0.402. The molecule has 0 spiro atoms. The molecular formula is C26H25BrN2O6S. The first-order valence-corrected chi connectivity index (χ1v) is 12.7. The molecule has 2 heterocycles. The molecule has 1 aliphatic rings. The number of thiazole rings is 1. The fourth-order valence-corrected chi connectivity index (χ4v) is 5.65. The zero-order valence-corrected chi connectivity index (χ0v) is 22.9. The highest BCUT2D eigenvalue weighted by molar-refractivity contribution is 9.10. The van der Waals surface area contributed by atoms with Crippen molar-refractivity contribution in [3.05, 3.63) is 83.0 Å². The summed E-state index contributed by atoms with van der Waals surface area (Å²) in [5.41, 5.74) is 1.93. The van der Waals surface area contributed by atoms with E-state index in [1.165, 1.54) is 15.9 Å². The Bertz CT molecular complexity index is 1540. The van der Waals surface area contributed by atoms with Crippen molar-refractivity contribution in [3.63, 3.8) is 0 Å². The Hall–Kier alpha value is -3.37. The van der Waals surface area contributed by atoms with E-state index in [0.717, 1.165) is 0 Å². The molecule has 1 atom stereocenters. The number of halogens is 1. The molecular weight excluding hydrogens is 548 g/mol. The number of rotatable bonds is 7. The number of carbonyl (C=O) groups excluding carboxylic acids is 1. The summed E-state index contributed by atoms with van der Waals surface area (Å²) in [7, 11) is 4.72. The molecule has 0 aliphatic carbocycles. The molecule has 0 radical (unpaired) electrons. The van der Waals surface area contributed by atoms with Gasteiger partial charge in [0.1, 0.15) is 17.2 Å². The fraction of sp³-hybridized carbons (Fsp3) is 0.269. The summed E-state index contributed by atoms with van der Waals surface area (Å²) in [5.74, 6) is 1.35. The van der Waals surface area contributed by atoms with Crippen molar-refractivity contribution < 1.29 is 23.7 Å². The number of carbonyl (C=O) groups is 1. The molecule has 0 N–H and O–H groups in total. The van der Waals surface area contributed by atoms with Crippen LogP contribution in [-0.4, -0.2) is 38.5 Å². The van der Waals surface area contributed by atoms with E-state index in [-0.39, 0.29) is 12.2 Å². The number of fused-ring (bicyclic) bond motifs is 1. The van der Waals surface area contributed by atoms with Gasteiger partial charge in [-0.15, -0.1) is 0 Å². The molecule has 0 saturated carbocycles. The van der Waals surface area contributed by atoms with Crippen LogP contribution in [0.2, 0.25) is 0 Å². The molecule has 2 aromatic carbocycles. The van der Waals surface area contributed by atoms with E-state index >= 15 is 0 Å². The number of hydrogen-bond acceptors (Lipinski definition) is 8. The maximum Gasteiger partial charge on any atom is 0.338 e. The van der Waals surface area contributed by atoms with E-state index < -0.39 is 12.0 Å². The van der Waals surface area contributed by atoms with Gasteiger partial charge in [-0.2, -0.15) is 0 Å². The van der Waals surface area contributed by atoms with Gasteiger partial charge < -0.3 is 18.9 Å². The monoisotopic (exact) mass is 572 g/mol. The first-order valence-electron chi connectivity index (χ1n) is 11.1. The summed E-state index contributed by atoms with van der Waals surface area (Å²) in [6.45, 7) is 3.69. The normalized spacial score (nSPS) is 15.3. The molecule has 0 unspecified atom stereocenters. The summed E-state index contributed by atoms with van der Waals surface area (Å²) >= 11 is 4.76. The van der Waals surface area contributed by atoms with Crippen LogP contribution in [0.5, 0.6) is 17.2 Å². The lowest BCUT2D eigenvalue weighted by atomic mass is 9.96. The van der Waals surface area contributed by atoms with E-state index in [0.29, 0.717) is 53.5 Å². The number of aromatic nitrogens is 1. The second-order valence-electron chi connectivity index (χ2n) is 7.80. The smallest absolute Gasteiger partial charge is 0.338 e. The highest BCUT2D eigenvalue weighted by Crippen LogP contribution is 2.35. The van der Waals surface area contributed by atoms with Crippen molar-refractivity contribution >= 4 is 39.3 Å². The van der Waals surface area contributed by atoms with Crippen molar-refractivity contribution in [2.75, 3.05) is 27.9 Å². The Morgan fingerprint density at radius 3 is 2.47 bits per heavy atom. The maximum absolute atomic E-state index is 13.8. The number of nitrogens with zero attached hydrogens (tertiary/aromatic N) is 2. The van der Waals surface area contributed by atoms with E-state index in [1.54, 1.807) is 65.5 Å². The maximum atomic E-state index is 13.8. The minimum atomic E-state index is -0.725. The van der Waals surface area contributed by atoms with Crippen molar-refractivity contribution in [2.24, 2.45) is 4.99 Å². The molecule has 1 aromatic heterocycles. The van der Waals surface area contributed by atoms with Gasteiger partial charge in [-0.05, 0) is 71.7 Å². The molecule has 0 bridgehead atoms. The summed E-state index contributed by atoms with van der Waals surface area (Å²) < 4.78 is 24.2. The van der Waals surface area contributed by atoms with Gasteiger partial charge in [0.15, 0.2) is 4.80 Å². The van der Waals surface area contributed by atoms with Gasteiger partial charge in [0, 0.05) is 5.56 Å². The fourth-order valence-electron chi connectivity index (χ4n) is 4.05. The van der Waals surface area contributed by atoms with Crippen LogP contribution in [-0.2, 0) is 9.53 Å². The zero-order valence-electron chi connectivity index (χ0n) is 20.5. The lowest BCUT2D eigenvalue weighted by molar-refractivity contribution is -0.139. The first-order chi connectivity index (χ1) is 17.3.